The molecule has 1 N–H and O–H groups in total. The lowest BCUT2D eigenvalue weighted by atomic mass is 9.43. The molecular formula is C35H44BN3O5. The highest BCUT2D eigenvalue weighted by molar-refractivity contribution is 6.48. The lowest BCUT2D eigenvalue weighted by molar-refractivity contribution is -0.199. The number of amides is 1. The van der Waals surface area contributed by atoms with Crippen LogP contribution in [0.15, 0.2) is 59.8 Å². The van der Waals surface area contributed by atoms with Gasteiger partial charge in [-0.05, 0) is 72.6 Å². The lowest BCUT2D eigenvalue weighted by Gasteiger charge is -2.64. The minimum atomic E-state index is -1.21. The van der Waals surface area contributed by atoms with Crippen molar-refractivity contribution >= 4 is 18.7 Å². The number of nitriles is 1. The summed E-state index contributed by atoms with van der Waals surface area (Å²) in [5, 5.41) is 16.9. The highest BCUT2D eigenvalue weighted by atomic mass is 16.7. The molecule has 9 heteroatoms. The first-order chi connectivity index (χ1) is 21.0. The molecule has 5 aliphatic rings. The molecule has 1 unspecified atom stereocenters. The molecule has 3 aliphatic carbocycles. The normalized spacial score (nSPS) is 30.5. The Bertz CT molecular complexity index is 1440. The van der Waals surface area contributed by atoms with Crippen LogP contribution >= 0.6 is 0 Å². The van der Waals surface area contributed by atoms with Gasteiger partial charge in [0.2, 0.25) is 5.60 Å². The maximum Gasteiger partial charge on any atom is 0.481 e. The van der Waals surface area contributed by atoms with Gasteiger partial charge in [0.1, 0.15) is 0 Å². The summed E-state index contributed by atoms with van der Waals surface area (Å²) in [4.78, 5) is 20.4. The summed E-state index contributed by atoms with van der Waals surface area (Å²) in [7, 11) is -0.519. The molecule has 0 spiro atoms. The summed E-state index contributed by atoms with van der Waals surface area (Å²) >= 11 is 0. The molecule has 232 valence electrons. The highest BCUT2D eigenvalue weighted by Gasteiger charge is 2.68. The number of hydrogen-bond acceptors (Lipinski definition) is 7. The monoisotopic (exact) mass is 597 g/mol. The molecule has 1 saturated heterocycles. The van der Waals surface area contributed by atoms with E-state index in [9.17, 15) is 10.1 Å². The van der Waals surface area contributed by atoms with Gasteiger partial charge in [-0.3, -0.25) is 4.79 Å². The Morgan fingerprint density at radius 2 is 1.89 bits per heavy atom. The van der Waals surface area contributed by atoms with Crippen molar-refractivity contribution in [3.8, 4) is 6.07 Å². The summed E-state index contributed by atoms with van der Waals surface area (Å²) in [5.41, 5.74) is 1.83. The second-order valence-electron chi connectivity index (χ2n) is 14.4. The molecule has 0 radical (unpaired) electrons. The van der Waals surface area contributed by atoms with Crippen LogP contribution in [-0.4, -0.2) is 48.6 Å². The molecule has 7 rings (SSSR count). The first-order valence-corrected chi connectivity index (χ1v) is 16.0. The van der Waals surface area contributed by atoms with Crippen molar-refractivity contribution in [3.05, 3.63) is 71.3 Å². The molecule has 2 bridgehead atoms. The van der Waals surface area contributed by atoms with Crippen LogP contribution in [0.5, 0.6) is 0 Å². The van der Waals surface area contributed by atoms with Crippen LogP contribution in [0.3, 0.4) is 0 Å². The zero-order valence-corrected chi connectivity index (χ0v) is 26.5. The Kier molecular flexibility index (Phi) is 8.38. The third-order valence-corrected chi connectivity index (χ3v) is 10.5. The van der Waals surface area contributed by atoms with E-state index in [1.165, 1.54) is 6.42 Å². The zero-order valence-electron chi connectivity index (χ0n) is 26.5. The van der Waals surface area contributed by atoms with Gasteiger partial charge >= 0.3 is 7.12 Å². The van der Waals surface area contributed by atoms with Gasteiger partial charge in [-0.2, -0.15) is 5.26 Å². The standard InChI is InChI=1S/C35H44BN3O5/c1-23(2)14-31(36-42-30-17-27-16-29(33(27,3)4)34(30,5)43-36)38-32(40)35(18-24-10-7-6-8-11-24)19-28(39-44-35)22-41-21-26-13-9-12-25(15-26)20-37/h6-13,15,23,27,29-31H,14,16-19,21-22H2,1-5H3,(H,38,40)/t27-,29-,30+,31-,34-,35?/m0/s1. The van der Waals surface area contributed by atoms with Crippen molar-refractivity contribution in [2.75, 3.05) is 6.61 Å². The summed E-state index contributed by atoms with van der Waals surface area (Å²) in [6, 6.07) is 19.4. The van der Waals surface area contributed by atoms with Crippen molar-refractivity contribution in [1.29, 1.82) is 5.26 Å². The van der Waals surface area contributed by atoms with Crippen LogP contribution in [0.25, 0.3) is 0 Å². The average Bonchev–Trinajstić information content (AvgIpc) is 3.58. The molecule has 2 aliphatic heterocycles. The number of oxime groups is 1. The van der Waals surface area contributed by atoms with Gasteiger partial charge < -0.3 is 24.2 Å². The molecule has 44 heavy (non-hydrogen) atoms. The second-order valence-corrected chi connectivity index (χ2v) is 14.4. The molecule has 6 atom stereocenters. The van der Waals surface area contributed by atoms with Gasteiger partial charge in [0.15, 0.2) is 0 Å². The molecule has 0 aromatic heterocycles. The van der Waals surface area contributed by atoms with E-state index in [1.54, 1.807) is 6.07 Å². The van der Waals surface area contributed by atoms with Crippen molar-refractivity contribution in [3.63, 3.8) is 0 Å². The van der Waals surface area contributed by atoms with E-state index < -0.39 is 12.7 Å². The highest BCUT2D eigenvalue weighted by Crippen LogP contribution is 2.65. The number of carbonyl (C=O) groups excluding carboxylic acids is 1. The van der Waals surface area contributed by atoms with Crippen LogP contribution in [0.1, 0.15) is 77.0 Å². The lowest BCUT2D eigenvalue weighted by Crippen LogP contribution is -2.65. The topological polar surface area (TPSA) is 102 Å². The minimum absolute atomic E-state index is 0.0396. The predicted molar refractivity (Wildman–Crippen MR) is 168 cm³/mol. The van der Waals surface area contributed by atoms with E-state index in [0.29, 0.717) is 48.5 Å². The Balaban J connectivity index is 1.16. The molecule has 4 fully saturated rings. The molecule has 3 saturated carbocycles. The van der Waals surface area contributed by atoms with Crippen LogP contribution in [0, 0.1) is 34.5 Å². The Labute approximate surface area is 261 Å². The fourth-order valence-electron chi connectivity index (χ4n) is 7.98. The number of hydrogen-bond donors (Lipinski definition) is 1. The third kappa shape index (κ3) is 5.80. The molecular weight excluding hydrogens is 553 g/mol. The van der Waals surface area contributed by atoms with Gasteiger partial charge in [-0.25, -0.2) is 0 Å². The first-order valence-electron chi connectivity index (χ1n) is 16.0. The Morgan fingerprint density at radius 1 is 1.11 bits per heavy atom. The molecule has 1 amide bonds. The van der Waals surface area contributed by atoms with Gasteiger partial charge in [-0.15, -0.1) is 0 Å². The summed E-state index contributed by atoms with van der Waals surface area (Å²) in [5.74, 6) is 0.876. The van der Waals surface area contributed by atoms with E-state index in [4.69, 9.17) is 18.9 Å². The van der Waals surface area contributed by atoms with Gasteiger partial charge in [0, 0.05) is 12.8 Å². The maximum atomic E-state index is 14.3. The van der Waals surface area contributed by atoms with Gasteiger partial charge in [0.25, 0.3) is 5.91 Å². The number of nitrogens with zero attached hydrogens (tertiary/aromatic N) is 2. The fourth-order valence-corrected chi connectivity index (χ4v) is 7.98. The Hall–Kier alpha value is -3.19. The van der Waals surface area contributed by atoms with Crippen molar-refractivity contribution in [2.24, 2.45) is 28.3 Å². The summed E-state index contributed by atoms with van der Waals surface area (Å²) in [6.45, 7) is 11.8. The van der Waals surface area contributed by atoms with Crippen LogP contribution in [-0.2, 0) is 36.7 Å². The predicted octanol–water partition coefficient (Wildman–Crippen LogP) is 5.63. The average molecular weight is 598 g/mol. The van der Waals surface area contributed by atoms with Crippen LogP contribution in [0.2, 0.25) is 0 Å². The number of ether oxygens (including phenoxy) is 1. The number of nitrogens with one attached hydrogen (secondary N) is 1. The van der Waals surface area contributed by atoms with Gasteiger partial charge in [0.05, 0.1) is 48.2 Å². The van der Waals surface area contributed by atoms with E-state index in [0.717, 1.165) is 24.0 Å². The molecule has 2 aromatic rings. The van der Waals surface area contributed by atoms with Crippen LogP contribution < -0.4 is 5.32 Å². The summed E-state index contributed by atoms with van der Waals surface area (Å²) < 4.78 is 19.4. The van der Waals surface area contributed by atoms with Gasteiger partial charge in [-0.1, -0.05) is 75.3 Å². The quantitative estimate of drug-likeness (QED) is 0.337. The first kappa shape index (κ1) is 30.8. The third-order valence-electron chi connectivity index (χ3n) is 10.5. The number of rotatable bonds is 11. The van der Waals surface area contributed by atoms with E-state index in [2.05, 4.69) is 51.2 Å². The molecule has 2 aromatic carbocycles. The van der Waals surface area contributed by atoms with Crippen LogP contribution in [0.4, 0.5) is 0 Å². The van der Waals surface area contributed by atoms with Crippen molar-refractivity contribution in [1.82, 2.24) is 5.32 Å². The summed E-state index contributed by atoms with van der Waals surface area (Å²) in [6.07, 6.45) is 3.62. The molecule has 2 heterocycles. The number of carbonyl (C=O) groups is 1. The van der Waals surface area contributed by atoms with Crippen molar-refractivity contribution in [2.45, 2.75) is 96.6 Å². The smallest absolute Gasteiger partial charge is 0.404 e. The minimum Gasteiger partial charge on any atom is -0.404 e. The zero-order chi connectivity index (χ0) is 31.1. The number of benzene rings is 2. The molecule has 8 nitrogen and oxygen atoms in total. The fraction of sp³-hybridized carbons (Fsp3) is 0.571. The Morgan fingerprint density at radius 3 is 2.61 bits per heavy atom. The SMILES string of the molecule is CC(C)C[C@H](NC(=O)C1(Cc2ccccc2)CC(COCc2cccc(C#N)c2)=NO1)B1O[C@@H]2C[C@@H]3C[C@@H](C3(C)C)[C@]2(C)O1. The largest absolute Gasteiger partial charge is 0.481 e. The second kappa shape index (κ2) is 12.0. The maximum absolute atomic E-state index is 14.3. The van der Waals surface area contributed by atoms with E-state index in [-0.39, 0.29) is 35.6 Å². The van der Waals surface area contributed by atoms with E-state index in [1.807, 2.05) is 48.5 Å². The van der Waals surface area contributed by atoms with Crippen molar-refractivity contribution < 1.29 is 23.7 Å². The van der Waals surface area contributed by atoms with E-state index >= 15 is 0 Å².